The van der Waals surface area contributed by atoms with Gasteiger partial charge in [0.25, 0.3) is 5.91 Å². The van der Waals surface area contributed by atoms with Crippen LogP contribution in [0.4, 0.5) is 17.1 Å². The lowest BCUT2D eigenvalue weighted by atomic mass is 10.1. The van der Waals surface area contributed by atoms with Gasteiger partial charge in [-0.05, 0) is 55.3 Å². The third kappa shape index (κ3) is 5.02. The Bertz CT molecular complexity index is 983. The van der Waals surface area contributed by atoms with Gasteiger partial charge in [0.1, 0.15) is 0 Å². The van der Waals surface area contributed by atoms with Crippen molar-refractivity contribution in [1.29, 1.82) is 0 Å². The minimum atomic E-state index is -3.42. The maximum atomic E-state index is 12.7. The number of amides is 1. The van der Waals surface area contributed by atoms with E-state index in [9.17, 15) is 13.2 Å². The normalized spacial score (nSPS) is 14.6. The van der Waals surface area contributed by atoms with Crippen LogP contribution in [0.3, 0.4) is 0 Å². The van der Waals surface area contributed by atoms with Crippen molar-refractivity contribution in [3.8, 4) is 0 Å². The molecular formula is C20H25N3O4S. The fraction of sp³-hybridized carbons (Fsp3) is 0.350. The topological polar surface area (TPSA) is 87.7 Å². The van der Waals surface area contributed by atoms with Crippen molar-refractivity contribution in [2.45, 2.75) is 13.8 Å². The van der Waals surface area contributed by atoms with E-state index in [4.69, 9.17) is 4.74 Å². The van der Waals surface area contributed by atoms with E-state index in [1.165, 1.54) is 0 Å². The van der Waals surface area contributed by atoms with Gasteiger partial charge in [0.2, 0.25) is 10.0 Å². The maximum absolute atomic E-state index is 12.7. The molecule has 1 saturated heterocycles. The van der Waals surface area contributed by atoms with E-state index < -0.39 is 10.0 Å². The van der Waals surface area contributed by atoms with Gasteiger partial charge in [0, 0.05) is 30.0 Å². The number of hydrogen-bond acceptors (Lipinski definition) is 5. The molecule has 1 aliphatic rings. The highest BCUT2D eigenvalue weighted by Gasteiger charge is 2.14. The molecule has 0 aliphatic carbocycles. The Labute approximate surface area is 165 Å². The number of rotatable bonds is 5. The zero-order valence-electron chi connectivity index (χ0n) is 16.3. The van der Waals surface area contributed by atoms with Gasteiger partial charge in [-0.1, -0.05) is 6.07 Å². The van der Waals surface area contributed by atoms with Crippen molar-refractivity contribution >= 4 is 33.0 Å². The number of carbonyl (C=O) groups is 1. The Balaban J connectivity index is 1.76. The summed E-state index contributed by atoms with van der Waals surface area (Å²) >= 11 is 0. The van der Waals surface area contributed by atoms with Gasteiger partial charge in [0.15, 0.2) is 0 Å². The molecule has 0 atom stereocenters. The Morgan fingerprint density at radius 1 is 1.00 bits per heavy atom. The summed E-state index contributed by atoms with van der Waals surface area (Å²) in [6, 6.07) is 10.9. The van der Waals surface area contributed by atoms with Crippen molar-refractivity contribution in [3.63, 3.8) is 0 Å². The number of sulfonamides is 1. The second kappa shape index (κ2) is 8.20. The van der Waals surface area contributed by atoms with Crippen LogP contribution < -0.4 is 14.9 Å². The molecule has 0 aromatic heterocycles. The van der Waals surface area contributed by atoms with Crippen molar-refractivity contribution in [2.75, 3.05) is 47.5 Å². The second-order valence-corrected chi connectivity index (χ2v) is 8.71. The largest absolute Gasteiger partial charge is 0.378 e. The molecular weight excluding hydrogens is 378 g/mol. The number of carbonyl (C=O) groups excluding carboxylic acids is 1. The minimum absolute atomic E-state index is 0.293. The zero-order valence-corrected chi connectivity index (χ0v) is 17.1. The van der Waals surface area contributed by atoms with Crippen molar-refractivity contribution in [2.24, 2.45) is 0 Å². The highest BCUT2D eigenvalue weighted by atomic mass is 32.2. The van der Waals surface area contributed by atoms with E-state index in [1.807, 2.05) is 25.1 Å². The van der Waals surface area contributed by atoms with E-state index in [0.29, 0.717) is 11.3 Å². The highest BCUT2D eigenvalue weighted by molar-refractivity contribution is 7.92. The third-order valence-corrected chi connectivity index (χ3v) is 5.22. The molecule has 1 aliphatic heterocycles. The van der Waals surface area contributed by atoms with Crippen LogP contribution in [0, 0.1) is 13.8 Å². The summed E-state index contributed by atoms with van der Waals surface area (Å²) < 4.78 is 30.8. The predicted octanol–water partition coefficient (Wildman–Crippen LogP) is 2.76. The molecule has 0 bridgehead atoms. The third-order valence-electron chi connectivity index (χ3n) is 4.63. The van der Waals surface area contributed by atoms with Crippen molar-refractivity contribution < 1.29 is 17.9 Å². The van der Waals surface area contributed by atoms with Crippen LogP contribution in [0.15, 0.2) is 36.4 Å². The monoisotopic (exact) mass is 403 g/mol. The van der Waals surface area contributed by atoms with E-state index in [0.717, 1.165) is 55.1 Å². The molecule has 0 unspecified atom stereocenters. The average Bonchev–Trinajstić information content (AvgIpc) is 2.64. The smallest absolute Gasteiger partial charge is 0.255 e. The first-order chi connectivity index (χ1) is 13.2. The first-order valence-corrected chi connectivity index (χ1v) is 11.0. The SMILES string of the molecule is Cc1cc(N2CCOCC2)ccc1NC(=O)c1ccc(C)c(NS(C)(=O)=O)c1. The quantitative estimate of drug-likeness (QED) is 0.802. The fourth-order valence-corrected chi connectivity index (χ4v) is 3.69. The summed E-state index contributed by atoms with van der Waals surface area (Å²) in [5.74, 6) is -0.293. The Morgan fingerprint density at radius 2 is 1.71 bits per heavy atom. The van der Waals surface area contributed by atoms with Crippen LogP contribution in [0.2, 0.25) is 0 Å². The summed E-state index contributed by atoms with van der Waals surface area (Å²) in [7, 11) is -3.42. The number of nitrogens with one attached hydrogen (secondary N) is 2. The Kier molecular flexibility index (Phi) is 5.90. The van der Waals surface area contributed by atoms with Crippen LogP contribution in [-0.4, -0.2) is 46.9 Å². The molecule has 0 radical (unpaired) electrons. The summed E-state index contributed by atoms with van der Waals surface area (Å²) in [5, 5.41) is 2.91. The number of nitrogens with zero attached hydrogens (tertiary/aromatic N) is 1. The highest BCUT2D eigenvalue weighted by Crippen LogP contribution is 2.25. The first-order valence-electron chi connectivity index (χ1n) is 9.06. The van der Waals surface area contributed by atoms with Gasteiger partial charge in [-0.25, -0.2) is 8.42 Å². The number of anilines is 3. The lowest BCUT2D eigenvalue weighted by Gasteiger charge is -2.29. The molecule has 2 aromatic rings. The van der Waals surface area contributed by atoms with Crippen molar-refractivity contribution in [1.82, 2.24) is 0 Å². The molecule has 7 nitrogen and oxygen atoms in total. The molecule has 150 valence electrons. The molecule has 28 heavy (non-hydrogen) atoms. The molecule has 8 heteroatoms. The van der Waals surface area contributed by atoms with Gasteiger partial charge in [-0.15, -0.1) is 0 Å². The van der Waals surface area contributed by atoms with Gasteiger partial charge in [-0.3, -0.25) is 9.52 Å². The molecule has 2 aromatic carbocycles. The molecule has 1 amide bonds. The van der Waals surface area contributed by atoms with E-state index in [2.05, 4.69) is 14.9 Å². The van der Waals surface area contributed by atoms with Gasteiger partial charge < -0.3 is 15.0 Å². The number of morpholine rings is 1. The first kappa shape index (κ1) is 20.2. The van der Waals surface area contributed by atoms with Crippen LogP contribution in [0.25, 0.3) is 0 Å². The van der Waals surface area contributed by atoms with Crippen LogP contribution in [-0.2, 0) is 14.8 Å². The molecule has 1 heterocycles. The minimum Gasteiger partial charge on any atom is -0.378 e. The number of aryl methyl sites for hydroxylation is 2. The maximum Gasteiger partial charge on any atom is 0.255 e. The molecule has 0 spiro atoms. The van der Waals surface area contributed by atoms with Crippen LogP contribution >= 0.6 is 0 Å². The lowest BCUT2D eigenvalue weighted by molar-refractivity contribution is 0.102. The second-order valence-electron chi connectivity index (χ2n) is 6.96. The summed E-state index contributed by atoms with van der Waals surface area (Å²) in [6.45, 7) is 6.87. The lowest BCUT2D eigenvalue weighted by Crippen LogP contribution is -2.36. The Morgan fingerprint density at radius 3 is 2.36 bits per heavy atom. The van der Waals surface area contributed by atoms with Crippen LogP contribution in [0.5, 0.6) is 0 Å². The van der Waals surface area contributed by atoms with E-state index in [1.54, 1.807) is 25.1 Å². The molecule has 2 N–H and O–H groups in total. The Hall–Kier alpha value is -2.58. The molecule has 3 rings (SSSR count). The summed E-state index contributed by atoms with van der Waals surface area (Å²) in [6.07, 6.45) is 1.08. The van der Waals surface area contributed by atoms with Gasteiger partial charge in [-0.2, -0.15) is 0 Å². The summed E-state index contributed by atoms with van der Waals surface area (Å²) in [4.78, 5) is 14.9. The summed E-state index contributed by atoms with van der Waals surface area (Å²) in [5.41, 5.74) is 4.31. The van der Waals surface area contributed by atoms with Gasteiger partial charge >= 0.3 is 0 Å². The number of benzene rings is 2. The van der Waals surface area contributed by atoms with Gasteiger partial charge in [0.05, 0.1) is 25.2 Å². The molecule has 1 fully saturated rings. The zero-order chi connectivity index (χ0) is 20.3. The number of ether oxygens (including phenoxy) is 1. The molecule has 0 saturated carbocycles. The van der Waals surface area contributed by atoms with E-state index in [-0.39, 0.29) is 5.91 Å². The average molecular weight is 404 g/mol. The standard InChI is InChI=1S/C20H25N3O4S/c1-14-4-5-16(13-19(14)22-28(3,25)26)20(24)21-18-7-6-17(12-15(18)2)23-8-10-27-11-9-23/h4-7,12-13,22H,8-11H2,1-3H3,(H,21,24). The number of hydrogen-bond donors (Lipinski definition) is 2. The van der Waals surface area contributed by atoms with Crippen LogP contribution in [0.1, 0.15) is 21.5 Å². The van der Waals surface area contributed by atoms with Crippen molar-refractivity contribution in [3.05, 3.63) is 53.1 Å². The predicted molar refractivity (Wildman–Crippen MR) is 112 cm³/mol. The fourth-order valence-electron chi connectivity index (χ4n) is 3.07. The van der Waals surface area contributed by atoms with E-state index >= 15 is 0 Å².